The Labute approximate surface area is 152 Å². The smallest absolute Gasteiger partial charge is 0.258 e. The average Bonchev–Trinajstić information content (AvgIpc) is 2.89. The topological polar surface area (TPSA) is 57.7 Å². The summed E-state index contributed by atoms with van der Waals surface area (Å²) in [7, 11) is -2.06. The summed E-state index contributed by atoms with van der Waals surface area (Å²) in [5.74, 6) is -0.169. The molecule has 3 rings (SSSR count). The van der Waals surface area contributed by atoms with Crippen LogP contribution >= 0.6 is 11.6 Å². The monoisotopic (exact) mass is 378 g/mol. The summed E-state index contributed by atoms with van der Waals surface area (Å²) < 4.78 is 24.7. The van der Waals surface area contributed by atoms with Crippen molar-refractivity contribution in [2.24, 2.45) is 0 Å². The van der Waals surface area contributed by atoms with Gasteiger partial charge in [0.05, 0.1) is 17.0 Å². The second-order valence-electron chi connectivity index (χ2n) is 6.25. The molecule has 0 bridgehead atoms. The summed E-state index contributed by atoms with van der Waals surface area (Å²) in [5.41, 5.74) is 2.72. The van der Waals surface area contributed by atoms with Crippen LogP contribution in [0.3, 0.4) is 0 Å². The van der Waals surface area contributed by atoms with E-state index in [9.17, 15) is 13.2 Å². The van der Waals surface area contributed by atoms with Crippen molar-refractivity contribution >= 4 is 38.9 Å². The highest BCUT2D eigenvalue weighted by molar-refractivity contribution is 7.92. The molecule has 1 aliphatic heterocycles. The van der Waals surface area contributed by atoms with Gasteiger partial charge in [-0.1, -0.05) is 29.8 Å². The van der Waals surface area contributed by atoms with E-state index >= 15 is 0 Å². The number of rotatable bonds is 3. The molecule has 132 valence electrons. The third-order valence-electron chi connectivity index (χ3n) is 4.46. The summed E-state index contributed by atoms with van der Waals surface area (Å²) in [6.07, 6.45) is 1.89. The maximum atomic E-state index is 13.1. The van der Waals surface area contributed by atoms with Crippen molar-refractivity contribution in [2.75, 3.05) is 22.5 Å². The SMILES string of the molecule is C[C@@H]1Cc2ccccc2N1C(=O)c1ccc(Cl)c(N(C)S(C)(=O)=O)c1. The highest BCUT2D eigenvalue weighted by Gasteiger charge is 2.31. The van der Waals surface area contributed by atoms with E-state index in [0.29, 0.717) is 5.56 Å². The van der Waals surface area contributed by atoms with Gasteiger partial charge in [-0.15, -0.1) is 0 Å². The van der Waals surface area contributed by atoms with Crippen LogP contribution in [0.5, 0.6) is 0 Å². The van der Waals surface area contributed by atoms with E-state index in [2.05, 4.69) is 0 Å². The van der Waals surface area contributed by atoms with E-state index < -0.39 is 10.0 Å². The zero-order chi connectivity index (χ0) is 18.4. The Balaban J connectivity index is 2.02. The van der Waals surface area contributed by atoms with Crippen molar-refractivity contribution < 1.29 is 13.2 Å². The molecule has 0 saturated heterocycles. The highest BCUT2D eigenvalue weighted by atomic mass is 35.5. The fourth-order valence-corrected chi connectivity index (χ4v) is 3.88. The van der Waals surface area contributed by atoms with Gasteiger partial charge in [0.2, 0.25) is 10.0 Å². The quantitative estimate of drug-likeness (QED) is 0.823. The highest BCUT2D eigenvalue weighted by Crippen LogP contribution is 2.34. The van der Waals surface area contributed by atoms with Gasteiger partial charge in [-0.05, 0) is 43.2 Å². The van der Waals surface area contributed by atoms with Crippen molar-refractivity contribution in [1.29, 1.82) is 0 Å². The van der Waals surface area contributed by atoms with Gasteiger partial charge >= 0.3 is 0 Å². The van der Waals surface area contributed by atoms with Crippen LogP contribution in [0.25, 0.3) is 0 Å². The van der Waals surface area contributed by atoms with E-state index in [1.807, 2.05) is 31.2 Å². The van der Waals surface area contributed by atoms with Gasteiger partial charge in [-0.25, -0.2) is 8.42 Å². The molecule has 0 fully saturated rings. The number of hydrogen-bond donors (Lipinski definition) is 0. The molecule has 1 atom stereocenters. The predicted molar refractivity (Wildman–Crippen MR) is 101 cm³/mol. The van der Waals surface area contributed by atoms with Gasteiger partial charge < -0.3 is 4.90 Å². The molecule has 2 aromatic rings. The van der Waals surface area contributed by atoms with Crippen molar-refractivity contribution in [3.8, 4) is 0 Å². The molecule has 2 aromatic carbocycles. The van der Waals surface area contributed by atoms with Crippen molar-refractivity contribution in [1.82, 2.24) is 0 Å². The van der Waals surface area contributed by atoms with Gasteiger partial charge in [-0.3, -0.25) is 9.10 Å². The Hall–Kier alpha value is -2.05. The average molecular weight is 379 g/mol. The summed E-state index contributed by atoms with van der Waals surface area (Å²) in [6.45, 7) is 2.00. The molecule has 0 aliphatic carbocycles. The van der Waals surface area contributed by atoms with Crippen molar-refractivity contribution in [3.63, 3.8) is 0 Å². The van der Waals surface area contributed by atoms with Gasteiger partial charge in [0.25, 0.3) is 5.91 Å². The van der Waals surface area contributed by atoms with E-state index in [0.717, 1.165) is 28.2 Å². The first-order chi connectivity index (χ1) is 11.7. The number of nitrogens with zero attached hydrogens (tertiary/aromatic N) is 2. The van der Waals surface area contributed by atoms with Gasteiger partial charge in [-0.2, -0.15) is 0 Å². The minimum Gasteiger partial charge on any atom is -0.305 e. The maximum absolute atomic E-state index is 13.1. The zero-order valence-corrected chi connectivity index (χ0v) is 15.8. The van der Waals surface area contributed by atoms with Crippen molar-refractivity contribution in [2.45, 2.75) is 19.4 Å². The van der Waals surface area contributed by atoms with Crippen LogP contribution in [0.1, 0.15) is 22.8 Å². The Morgan fingerprint density at radius 2 is 1.92 bits per heavy atom. The van der Waals surface area contributed by atoms with Crippen LogP contribution in [0.2, 0.25) is 5.02 Å². The lowest BCUT2D eigenvalue weighted by Crippen LogP contribution is -2.36. The zero-order valence-electron chi connectivity index (χ0n) is 14.2. The molecule has 7 heteroatoms. The molecule has 0 aromatic heterocycles. The van der Waals surface area contributed by atoms with Crippen LogP contribution in [-0.2, 0) is 16.4 Å². The van der Waals surface area contributed by atoms with Crippen LogP contribution < -0.4 is 9.21 Å². The van der Waals surface area contributed by atoms with Gasteiger partial charge in [0, 0.05) is 24.3 Å². The summed E-state index contributed by atoms with van der Waals surface area (Å²) in [6, 6.07) is 12.6. The normalized spacial score (nSPS) is 16.6. The first kappa shape index (κ1) is 17.8. The number of benzene rings is 2. The fourth-order valence-electron chi connectivity index (χ4n) is 3.08. The third-order valence-corrected chi connectivity index (χ3v) is 5.97. The molecule has 0 spiro atoms. The Morgan fingerprint density at radius 1 is 1.24 bits per heavy atom. The second-order valence-corrected chi connectivity index (χ2v) is 8.67. The summed E-state index contributed by atoms with van der Waals surface area (Å²) in [4.78, 5) is 14.8. The van der Waals surface area contributed by atoms with E-state index in [-0.39, 0.29) is 22.7 Å². The second kappa shape index (κ2) is 6.35. The van der Waals surface area contributed by atoms with E-state index in [1.54, 1.807) is 17.0 Å². The summed E-state index contributed by atoms with van der Waals surface area (Å²) in [5, 5.41) is 0.277. The molecule has 1 amide bonds. The number of carbonyl (C=O) groups is 1. The first-order valence-electron chi connectivity index (χ1n) is 7.85. The van der Waals surface area contributed by atoms with Crippen LogP contribution in [0.4, 0.5) is 11.4 Å². The molecule has 0 unspecified atom stereocenters. The number of para-hydroxylation sites is 1. The standard InChI is InChI=1S/C18H19ClN2O3S/c1-12-10-13-6-4-5-7-16(13)21(12)18(22)14-8-9-15(19)17(11-14)20(2)25(3,23)24/h4-9,11-12H,10H2,1-3H3/t12-/m1/s1. The van der Waals surface area contributed by atoms with Crippen molar-refractivity contribution in [3.05, 3.63) is 58.6 Å². The molecule has 0 saturated carbocycles. The van der Waals surface area contributed by atoms with Gasteiger partial charge in [0.1, 0.15) is 0 Å². The molecule has 0 N–H and O–H groups in total. The van der Waals surface area contributed by atoms with E-state index in [1.165, 1.54) is 13.1 Å². The molecule has 25 heavy (non-hydrogen) atoms. The number of halogens is 1. The molecule has 0 radical (unpaired) electrons. The molecular weight excluding hydrogens is 360 g/mol. The summed E-state index contributed by atoms with van der Waals surface area (Å²) >= 11 is 6.14. The number of carbonyl (C=O) groups excluding carboxylic acids is 1. The maximum Gasteiger partial charge on any atom is 0.258 e. The lowest BCUT2D eigenvalue weighted by molar-refractivity contribution is 0.0981. The predicted octanol–water partition coefficient (Wildman–Crippen LogP) is 3.33. The lowest BCUT2D eigenvalue weighted by Gasteiger charge is -2.24. The Kier molecular flexibility index (Phi) is 4.51. The molecule has 5 nitrogen and oxygen atoms in total. The lowest BCUT2D eigenvalue weighted by atomic mass is 10.1. The van der Waals surface area contributed by atoms with Crippen LogP contribution in [0, 0.1) is 0 Å². The number of anilines is 2. The number of fused-ring (bicyclic) bond motifs is 1. The van der Waals surface area contributed by atoms with Gasteiger partial charge in [0.15, 0.2) is 0 Å². The van der Waals surface area contributed by atoms with Crippen LogP contribution in [0.15, 0.2) is 42.5 Å². The van der Waals surface area contributed by atoms with Crippen LogP contribution in [-0.4, -0.2) is 33.7 Å². The molecule has 1 aliphatic rings. The minimum absolute atomic E-state index is 0.0386. The fraction of sp³-hybridized carbons (Fsp3) is 0.278. The first-order valence-corrected chi connectivity index (χ1v) is 10.1. The Bertz CT molecular complexity index is 943. The molecular formula is C18H19ClN2O3S. The number of sulfonamides is 1. The molecule has 1 heterocycles. The Morgan fingerprint density at radius 3 is 2.60 bits per heavy atom. The van der Waals surface area contributed by atoms with E-state index in [4.69, 9.17) is 11.6 Å². The largest absolute Gasteiger partial charge is 0.305 e. The minimum atomic E-state index is -3.48. The number of amides is 1. The number of hydrogen-bond acceptors (Lipinski definition) is 3. The third kappa shape index (κ3) is 3.24.